The van der Waals surface area contributed by atoms with E-state index in [1.54, 1.807) is 0 Å². The van der Waals surface area contributed by atoms with Crippen molar-refractivity contribution < 1.29 is 0 Å². The van der Waals surface area contributed by atoms with Crippen molar-refractivity contribution in [2.24, 2.45) is 0 Å². The Balaban J connectivity index is 1.82. The fourth-order valence-corrected chi connectivity index (χ4v) is 2.99. The van der Waals surface area contributed by atoms with Crippen LogP contribution in [-0.2, 0) is 0 Å². The van der Waals surface area contributed by atoms with Gasteiger partial charge in [0.2, 0.25) is 5.13 Å². The number of nitrogens with one attached hydrogen (secondary N) is 2. The molecule has 3 heterocycles. The molecule has 0 spiro atoms. The van der Waals surface area contributed by atoms with Crippen LogP contribution < -0.4 is 10.6 Å². The summed E-state index contributed by atoms with van der Waals surface area (Å²) in [6, 6.07) is 2.34. The predicted octanol–water partition coefficient (Wildman–Crippen LogP) is 2.50. The monoisotopic (exact) mass is 290 g/mol. The second kappa shape index (κ2) is 5.80. The molecule has 0 saturated carbocycles. The van der Waals surface area contributed by atoms with E-state index in [1.807, 2.05) is 19.9 Å². The zero-order valence-electron chi connectivity index (χ0n) is 11.7. The second-order valence-electron chi connectivity index (χ2n) is 4.98. The minimum absolute atomic E-state index is 0.335. The van der Waals surface area contributed by atoms with Crippen molar-refractivity contribution in [1.82, 2.24) is 25.5 Å². The summed E-state index contributed by atoms with van der Waals surface area (Å²) in [5, 5.41) is 16.5. The first kappa shape index (κ1) is 13.4. The SMILES string of the molecule is Cc1nc(Nc2nnc(C)s2)cc(C2CCCCN2)n1. The highest BCUT2D eigenvalue weighted by atomic mass is 32.1. The maximum atomic E-state index is 4.56. The molecule has 1 fully saturated rings. The molecule has 7 heteroatoms. The van der Waals surface area contributed by atoms with E-state index in [-0.39, 0.29) is 0 Å². The summed E-state index contributed by atoms with van der Waals surface area (Å²) in [5.74, 6) is 1.56. The van der Waals surface area contributed by atoms with Gasteiger partial charge in [0.25, 0.3) is 0 Å². The van der Waals surface area contributed by atoms with E-state index in [0.29, 0.717) is 6.04 Å². The van der Waals surface area contributed by atoms with Gasteiger partial charge >= 0.3 is 0 Å². The van der Waals surface area contributed by atoms with Gasteiger partial charge in [0.1, 0.15) is 16.6 Å². The lowest BCUT2D eigenvalue weighted by atomic mass is 10.0. The predicted molar refractivity (Wildman–Crippen MR) is 79.3 cm³/mol. The second-order valence-corrected chi connectivity index (χ2v) is 6.16. The molecule has 0 bridgehead atoms. The molecule has 2 aromatic heterocycles. The van der Waals surface area contributed by atoms with Gasteiger partial charge in [-0.15, -0.1) is 10.2 Å². The Morgan fingerprint density at radius 2 is 2.15 bits per heavy atom. The number of hydrogen-bond donors (Lipinski definition) is 2. The average molecular weight is 290 g/mol. The van der Waals surface area contributed by atoms with Crippen LogP contribution in [0.25, 0.3) is 0 Å². The molecule has 1 unspecified atom stereocenters. The zero-order chi connectivity index (χ0) is 13.9. The Morgan fingerprint density at radius 3 is 2.85 bits per heavy atom. The third-order valence-corrected chi connectivity index (χ3v) is 4.04. The number of aromatic nitrogens is 4. The highest BCUT2D eigenvalue weighted by Gasteiger charge is 2.17. The molecule has 6 nitrogen and oxygen atoms in total. The standard InChI is InChI=1S/C13H18N6S/c1-8-15-11(10-5-3-4-6-14-10)7-12(16-8)17-13-19-18-9(2)20-13/h7,10,14H,3-6H2,1-2H3,(H,15,16,17,19). The number of nitrogens with zero attached hydrogens (tertiary/aromatic N) is 4. The Bertz CT molecular complexity index is 590. The van der Waals surface area contributed by atoms with E-state index < -0.39 is 0 Å². The lowest BCUT2D eigenvalue weighted by Crippen LogP contribution is -2.27. The van der Waals surface area contributed by atoms with Crippen LogP contribution in [0.15, 0.2) is 6.07 Å². The molecule has 0 aliphatic carbocycles. The molecule has 2 N–H and O–H groups in total. The summed E-state index contributed by atoms with van der Waals surface area (Å²) in [4.78, 5) is 8.98. The zero-order valence-corrected chi connectivity index (χ0v) is 12.5. The molecule has 3 rings (SSSR count). The lowest BCUT2D eigenvalue weighted by Gasteiger charge is -2.23. The Hall–Kier alpha value is -1.60. The third-order valence-electron chi connectivity index (χ3n) is 3.29. The molecule has 1 saturated heterocycles. The van der Waals surface area contributed by atoms with Gasteiger partial charge < -0.3 is 10.6 Å². The fraction of sp³-hybridized carbons (Fsp3) is 0.538. The number of hydrogen-bond acceptors (Lipinski definition) is 7. The molecule has 0 radical (unpaired) electrons. The maximum absolute atomic E-state index is 4.56. The normalized spacial score (nSPS) is 19.0. The van der Waals surface area contributed by atoms with Gasteiger partial charge in [-0.2, -0.15) is 0 Å². The first-order valence-electron chi connectivity index (χ1n) is 6.87. The van der Waals surface area contributed by atoms with Crippen LogP contribution in [0.1, 0.15) is 41.8 Å². The van der Waals surface area contributed by atoms with E-state index in [9.17, 15) is 0 Å². The topological polar surface area (TPSA) is 75.6 Å². The number of rotatable bonds is 3. The molecule has 0 amide bonds. The smallest absolute Gasteiger partial charge is 0.211 e. The van der Waals surface area contributed by atoms with Crippen molar-refractivity contribution in [3.63, 3.8) is 0 Å². The minimum Gasteiger partial charge on any atom is -0.315 e. The van der Waals surface area contributed by atoms with Gasteiger partial charge in [-0.1, -0.05) is 17.8 Å². The minimum atomic E-state index is 0.335. The summed E-state index contributed by atoms with van der Waals surface area (Å²) in [7, 11) is 0. The van der Waals surface area contributed by atoms with Gasteiger partial charge in [0.05, 0.1) is 5.69 Å². The molecule has 1 atom stereocenters. The lowest BCUT2D eigenvalue weighted by molar-refractivity contribution is 0.404. The van der Waals surface area contributed by atoms with Crippen molar-refractivity contribution in [3.8, 4) is 0 Å². The average Bonchev–Trinajstić information content (AvgIpc) is 2.84. The van der Waals surface area contributed by atoms with E-state index in [1.165, 1.54) is 24.2 Å². The summed E-state index contributed by atoms with van der Waals surface area (Å²) in [6.45, 7) is 4.92. The van der Waals surface area contributed by atoms with Crippen molar-refractivity contribution in [2.75, 3.05) is 11.9 Å². The van der Waals surface area contributed by atoms with E-state index >= 15 is 0 Å². The van der Waals surface area contributed by atoms with Crippen molar-refractivity contribution in [2.45, 2.75) is 39.2 Å². The molecule has 1 aliphatic rings. The highest BCUT2D eigenvalue weighted by Crippen LogP contribution is 2.25. The van der Waals surface area contributed by atoms with Crippen LogP contribution in [-0.4, -0.2) is 26.7 Å². The molecule has 0 aromatic carbocycles. The molecule has 2 aromatic rings. The number of aryl methyl sites for hydroxylation is 2. The van der Waals surface area contributed by atoms with Gasteiger partial charge in [-0.05, 0) is 33.2 Å². The van der Waals surface area contributed by atoms with Crippen molar-refractivity contribution >= 4 is 22.3 Å². The van der Waals surface area contributed by atoms with E-state index in [4.69, 9.17) is 0 Å². The van der Waals surface area contributed by atoms with Crippen LogP contribution in [0.5, 0.6) is 0 Å². The molecule has 106 valence electrons. The molecule has 1 aliphatic heterocycles. The number of anilines is 2. The van der Waals surface area contributed by atoms with Gasteiger partial charge in [0.15, 0.2) is 0 Å². The first-order valence-corrected chi connectivity index (χ1v) is 7.68. The van der Waals surface area contributed by atoms with Crippen LogP contribution in [0.2, 0.25) is 0 Å². The maximum Gasteiger partial charge on any atom is 0.211 e. The fourth-order valence-electron chi connectivity index (χ4n) is 2.39. The molecule has 20 heavy (non-hydrogen) atoms. The Labute approximate surface area is 122 Å². The van der Waals surface area contributed by atoms with Crippen LogP contribution in [0.3, 0.4) is 0 Å². The van der Waals surface area contributed by atoms with E-state index in [0.717, 1.165) is 40.4 Å². The summed E-state index contributed by atoms with van der Waals surface area (Å²) >= 11 is 1.52. The molecular weight excluding hydrogens is 272 g/mol. The number of piperidine rings is 1. The van der Waals surface area contributed by atoms with Crippen molar-refractivity contribution in [1.29, 1.82) is 0 Å². The van der Waals surface area contributed by atoms with Crippen LogP contribution in [0, 0.1) is 13.8 Å². The van der Waals surface area contributed by atoms with Crippen LogP contribution >= 0.6 is 11.3 Å². The third kappa shape index (κ3) is 3.10. The van der Waals surface area contributed by atoms with Crippen LogP contribution in [0.4, 0.5) is 10.9 Å². The van der Waals surface area contributed by atoms with Crippen molar-refractivity contribution in [3.05, 3.63) is 22.6 Å². The highest BCUT2D eigenvalue weighted by molar-refractivity contribution is 7.15. The van der Waals surface area contributed by atoms with Gasteiger partial charge in [0, 0.05) is 12.1 Å². The van der Waals surface area contributed by atoms with Gasteiger partial charge in [-0.25, -0.2) is 9.97 Å². The summed E-state index contributed by atoms with van der Waals surface area (Å²) in [6.07, 6.45) is 3.63. The largest absolute Gasteiger partial charge is 0.315 e. The first-order chi connectivity index (χ1) is 9.70. The Morgan fingerprint density at radius 1 is 1.25 bits per heavy atom. The van der Waals surface area contributed by atoms with Gasteiger partial charge in [-0.3, -0.25) is 0 Å². The molecular formula is C13H18N6S. The van der Waals surface area contributed by atoms with E-state index in [2.05, 4.69) is 30.8 Å². The quantitative estimate of drug-likeness (QED) is 0.904. The Kier molecular flexibility index (Phi) is 3.88. The summed E-state index contributed by atoms with van der Waals surface area (Å²) in [5.41, 5.74) is 1.06. The summed E-state index contributed by atoms with van der Waals surface area (Å²) < 4.78 is 0.